The van der Waals surface area contributed by atoms with Gasteiger partial charge in [0, 0.05) is 52.5 Å². The molecule has 0 aliphatic carbocycles. The lowest BCUT2D eigenvalue weighted by Crippen LogP contribution is -2.32. The quantitative estimate of drug-likeness (QED) is 0.494. The van der Waals surface area contributed by atoms with Crippen molar-refractivity contribution in [3.63, 3.8) is 0 Å². The van der Waals surface area contributed by atoms with Gasteiger partial charge in [0.05, 0.1) is 17.9 Å². The van der Waals surface area contributed by atoms with Gasteiger partial charge in [0.25, 0.3) is 5.91 Å². The fourth-order valence-electron chi connectivity index (χ4n) is 4.18. The van der Waals surface area contributed by atoms with Crippen LogP contribution < -0.4 is 10.7 Å². The van der Waals surface area contributed by atoms with Gasteiger partial charge >= 0.3 is 0 Å². The normalized spacial score (nSPS) is 14.8. The third-order valence-electron chi connectivity index (χ3n) is 5.63. The van der Waals surface area contributed by atoms with Gasteiger partial charge in [-0.15, -0.1) is 11.8 Å². The fourth-order valence-corrected chi connectivity index (χ4v) is 5.45. The Bertz CT molecular complexity index is 1390. The average molecular weight is 459 g/mol. The molecule has 4 heterocycles. The molecule has 166 valence electrons. The smallest absolute Gasteiger partial charge is 0.257 e. The highest BCUT2D eigenvalue weighted by atomic mass is 32.2. The minimum atomic E-state index is -0.424. The minimum absolute atomic E-state index is 0.00160. The molecule has 0 saturated carbocycles. The number of hydrogen-bond acceptors (Lipinski definition) is 6. The lowest BCUT2D eigenvalue weighted by Gasteiger charge is -2.20. The first kappa shape index (κ1) is 21.2. The number of carbonyl (C=O) groups excluding carboxylic acids is 1. The molecule has 0 saturated heterocycles. The second kappa shape index (κ2) is 8.71. The van der Waals surface area contributed by atoms with Crippen LogP contribution in [0.3, 0.4) is 0 Å². The summed E-state index contributed by atoms with van der Waals surface area (Å²) in [5, 5.41) is 6.68. The molecule has 4 aromatic rings. The summed E-state index contributed by atoms with van der Waals surface area (Å²) in [6.07, 6.45) is 4.09. The molecule has 0 fully saturated rings. The molecule has 3 aromatic heterocycles. The largest absolute Gasteiger partial charge is 0.359 e. The first-order valence-corrected chi connectivity index (χ1v) is 11.5. The Morgan fingerprint density at radius 2 is 2.06 bits per heavy atom. The van der Waals surface area contributed by atoms with E-state index in [2.05, 4.69) is 21.5 Å². The molecule has 0 unspecified atom stereocenters. The van der Waals surface area contributed by atoms with Crippen LogP contribution >= 0.6 is 11.8 Å². The van der Waals surface area contributed by atoms with E-state index < -0.39 is 5.91 Å². The zero-order valence-electron chi connectivity index (χ0n) is 18.2. The van der Waals surface area contributed by atoms with E-state index in [4.69, 9.17) is 4.52 Å². The van der Waals surface area contributed by atoms with Crippen molar-refractivity contribution in [3.05, 3.63) is 105 Å². The van der Waals surface area contributed by atoms with E-state index in [1.165, 1.54) is 6.07 Å². The summed E-state index contributed by atoms with van der Waals surface area (Å²) in [4.78, 5) is 31.8. The zero-order valence-corrected chi connectivity index (χ0v) is 19.1. The molecule has 0 radical (unpaired) electrons. The number of carbonyl (C=O) groups is 1. The van der Waals surface area contributed by atoms with E-state index in [1.54, 1.807) is 24.0 Å². The number of fused-ring (bicyclic) bond motifs is 3. The number of para-hydroxylation sites is 1. The van der Waals surface area contributed by atoms with Crippen molar-refractivity contribution in [3.8, 4) is 5.69 Å². The van der Waals surface area contributed by atoms with Crippen LogP contribution in [0.1, 0.15) is 44.0 Å². The van der Waals surface area contributed by atoms with Crippen LogP contribution in [0, 0.1) is 13.8 Å². The monoisotopic (exact) mass is 458 g/mol. The maximum atomic E-state index is 13.3. The number of aromatic nitrogens is 3. The number of pyridine rings is 2. The lowest BCUT2D eigenvalue weighted by atomic mass is 10.0. The third kappa shape index (κ3) is 4.09. The zero-order chi connectivity index (χ0) is 22.9. The molecule has 7 nitrogen and oxygen atoms in total. The van der Waals surface area contributed by atoms with Gasteiger partial charge in [0.15, 0.2) is 11.2 Å². The molecule has 0 spiro atoms. The van der Waals surface area contributed by atoms with Crippen molar-refractivity contribution in [2.75, 3.05) is 0 Å². The fraction of sp³-hybridized carbons (Fsp3) is 0.200. The predicted octanol–water partition coefficient (Wildman–Crippen LogP) is 4.16. The maximum absolute atomic E-state index is 13.3. The van der Waals surface area contributed by atoms with Gasteiger partial charge < -0.3 is 14.4 Å². The van der Waals surface area contributed by atoms with E-state index in [9.17, 15) is 9.59 Å². The molecule has 33 heavy (non-hydrogen) atoms. The number of benzene rings is 1. The van der Waals surface area contributed by atoms with Crippen LogP contribution in [0.15, 0.2) is 75.1 Å². The highest BCUT2D eigenvalue weighted by molar-refractivity contribution is 7.99. The maximum Gasteiger partial charge on any atom is 0.257 e. The Kier molecular flexibility index (Phi) is 5.60. The van der Waals surface area contributed by atoms with Crippen molar-refractivity contribution in [1.82, 2.24) is 20.0 Å². The molecule has 1 aliphatic rings. The van der Waals surface area contributed by atoms with Crippen molar-refractivity contribution < 1.29 is 9.32 Å². The standard InChI is InChI=1S/C25H22N4O3S/c1-15-10-18(32-28-15)14-27-25(31)24-20-12-23(17-6-5-9-26-13-17)33-22-8-4-3-7-19(22)29(20)16(2)11-21(24)30/h3-11,13,23H,12,14H2,1-2H3,(H,27,31)/t23-/m0/s1. The number of rotatable bonds is 4. The van der Waals surface area contributed by atoms with Gasteiger partial charge in [-0.05, 0) is 37.6 Å². The van der Waals surface area contributed by atoms with E-state index >= 15 is 0 Å². The van der Waals surface area contributed by atoms with Gasteiger partial charge in [0.2, 0.25) is 0 Å². The third-order valence-corrected chi connectivity index (χ3v) is 6.96. The number of amides is 1. The van der Waals surface area contributed by atoms with Crippen LogP contribution in [-0.4, -0.2) is 20.6 Å². The highest BCUT2D eigenvalue weighted by Crippen LogP contribution is 2.44. The molecule has 1 N–H and O–H groups in total. The summed E-state index contributed by atoms with van der Waals surface area (Å²) in [7, 11) is 0. The van der Waals surface area contributed by atoms with Gasteiger partial charge in [-0.1, -0.05) is 23.4 Å². The number of hydrogen-bond donors (Lipinski definition) is 1. The number of thioether (sulfide) groups is 1. The molecule has 1 atom stereocenters. The van der Waals surface area contributed by atoms with E-state index in [0.717, 1.165) is 27.5 Å². The highest BCUT2D eigenvalue weighted by Gasteiger charge is 2.29. The second-order valence-corrected chi connectivity index (χ2v) is 9.23. The topological polar surface area (TPSA) is 90.0 Å². The minimum Gasteiger partial charge on any atom is -0.359 e. The van der Waals surface area contributed by atoms with Crippen molar-refractivity contribution in [2.45, 2.75) is 37.0 Å². The number of nitrogens with one attached hydrogen (secondary N) is 1. The van der Waals surface area contributed by atoms with Crippen molar-refractivity contribution in [1.29, 1.82) is 0 Å². The molecule has 0 bridgehead atoms. The van der Waals surface area contributed by atoms with E-state index in [-0.39, 0.29) is 22.8 Å². The Morgan fingerprint density at radius 1 is 1.21 bits per heavy atom. The SMILES string of the molecule is Cc1cc(CNC(=O)c2c3n(c(C)cc2=O)-c2ccccc2S[C@H](c2cccnc2)C3)on1. The summed E-state index contributed by atoms with van der Waals surface area (Å²) in [5.74, 6) is 0.111. The van der Waals surface area contributed by atoms with Gasteiger partial charge in [-0.25, -0.2) is 0 Å². The summed E-state index contributed by atoms with van der Waals surface area (Å²) >= 11 is 1.72. The van der Waals surface area contributed by atoms with Crippen LogP contribution in [0.5, 0.6) is 0 Å². The Balaban J connectivity index is 1.63. The molecule has 1 amide bonds. The van der Waals surface area contributed by atoms with E-state index in [1.807, 2.05) is 54.9 Å². The average Bonchev–Trinajstić information content (AvgIpc) is 3.14. The second-order valence-electron chi connectivity index (χ2n) is 7.99. The van der Waals surface area contributed by atoms with E-state index in [0.29, 0.717) is 17.9 Å². The molecule has 8 heteroatoms. The summed E-state index contributed by atoms with van der Waals surface area (Å²) in [6, 6.07) is 15.3. The predicted molar refractivity (Wildman–Crippen MR) is 126 cm³/mol. The lowest BCUT2D eigenvalue weighted by molar-refractivity contribution is 0.0944. The summed E-state index contributed by atoms with van der Waals surface area (Å²) < 4.78 is 7.23. The first-order chi connectivity index (χ1) is 16.0. The summed E-state index contributed by atoms with van der Waals surface area (Å²) in [6.45, 7) is 3.87. The first-order valence-electron chi connectivity index (χ1n) is 10.6. The molecule has 5 rings (SSSR count). The van der Waals surface area contributed by atoms with Crippen LogP contribution in [0.4, 0.5) is 0 Å². The summed E-state index contributed by atoms with van der Waals surface area (Å²) in [5.41, 5.74) is 4.08. The van der Waals surface area contributed by atoms with Crippen LogP contribution in [0.25, 0.3) is 5.69 Å². The van der Waals surface area contributed by atoms with Gasteiger partial charge in [0.1, 0.15) is 5.56 Å². The van der Waals surface area contributed by atoms with Crippen LogP contribution in [0.2, 0.25) is 0 Å². The Hall–Kier alpha value is -3.65. The molecule has 1 aliphatic heterocycles. The Labute approximate surface area is 194 Å². The molecular weight excluding hydrogens is 436 g/mol. The number of nitrogens with zero attached hydrogens (tertiary/aromatic N) is 3. The molecule has 1 aromatic carbocycles. The van der Waals surface area contributed by atoms with Crippen molar-refractivity contribution in [2.24, 2.45) is 0 Å². The van der Waals surface area contributed by atoms with Gasteiger partial charge in [-0.2, -0.15) is 0 Å². The van der Waals surface area contributed by atoms with Crippen molar-refractivity contribution >= 4 is 17.7 Å². The van der Waals surface area contributed by atoms with Crippen LogP contribution in [-0.2, 0) is 13.0 Å². The van der Waals surface area contributed by atoms with Gasteiger partial charge in [-0.3, -0.25) is 14.6 Å². The molecular formula is C25H22N4O3S. The Morgan fingerprint density at radius 3 is 2.82 bits per heavy atom. The number of aryl methyl sites for hydroxylation is 2.